The third-order valence-corrected chi connectivity index (χ3v) is 4.41. The van der Waals surface area contributed by atoms with Gasteiger partial charge in [-0.25, -0.2) is 14.0 Å². The highest BCUT2D eigenvalue weighted by Gasteiger charge is 2.13. The molecule has 3 N–H and O–H groups in total. The van der Waals surface area contributed by atoms with Gasteiger partial charge in [0.25, 0.3) is 11.8 Å². The lowest BCUT2D eigenvalue weighted by Crippen LogP contribution is -2.28. The Morgan fingerprint density at radius 3 is 2.03 bits per heavy atom. The van der Waals surface area contributed by atoms with Crippen LogP contribution in [0.15, 0.2) is 73.1 Å². The van der Waals surface area contributed by atoms with Crippen molar-refractivity contribution in [3.63, 3.8) is 0 Å². The Labute approximate surface area is 199 Å². The first-order chi connectivity index (χ1) is 16.7. The number of nitrogens with zero attached hydrogens (tertiary/aromatic N) is 2. The van der Waals surface area contributed by atoms with Gasteiger partial charge in [0.2, 0.25) is 0 Å². The second-order valence-corrected chi connectivity index (χ2v) is 6.90. The number of anilines is 1. The van der Waals surface area contributed by atoms with Gasteiger partial charge >= 0.3 is 11.9 Å². The minimum Gasteiger partial charge on any atom is -0.484 e. The summed E-state index contributed by atoms with van der Waals surface area (Å²) in [7, 11) is 1.63. The number of carboxylic acids is 2. The fourth-order valence-electron chi connectivity index (χ4n) is 2.57. The van der Waals surface area contributed by atoms with Crippen LogP contribution in [0.3, 0.4) is 0 Å². The molecule has 0 aliphatic rings. The number of hydrogen-bond acceptors (Lipinski definition) is 6. The molecule has 3 rings (SSSR count). The van der Waals surface area contributed by atoms with E-state index in [2.05, 4.69) is 10.3 Å². The number of pyridine rings is 1. The molecule has 0 fully saturated rings. The molecule has 2 aromatic carbocycles. The molecule has 2 amide bonds. The first kappa shape index (κ1) is 26.5. The van der Waals surface area contributed by atoms with Crippen molar-refractivity contribution >= 4 is 29.4 Å². The molecule has 182 valence electrons. The average Bonchev–Trinajstić information content (AvgIpc) is 2.87. The van der Waals surface area contributed by atoms with Gasteiger partial charge in [0.1, 0.15) is 11.6 Å². The van der Waals surface area contributed by atoms with Crippen molar-refractivity contribution < 1.29 is 38.5 Å². The quantitative estimate of drug-likeness (QED) is 0.434. The molecule has 0 unspecified atom stereocenters. The van der Waals surface area contributed by atoms with E-state index in [1.54, 1.807) is 43.7 Å². The number of benzene rings is 2. The topological polar surface area (TPSA) is 146 Å². The average molecular weight is 483 g/mol. The number of aromatic nitrogens is 1. The molecule has 1 aromatic heterocycles. The summed E-state index contributed by atoms with van der Waals surface area (Å²) in [5.74, 6) is -4.03. The number of carbonyl (C=O) groups is 4. The van der Waals surface area contributed by atoms with E-state index in [1.807, 2.05) is 12.1 Å². The zero-order chi connectivity index (χ0) is 25.8. The zero-order valence-corrected chi connectivity index (χ0v) is 18.6. The zero-order valence-electron chi connectivity index (χ0n) is 18.6. The number of aliphatic carboxylic acids is 2. The highest BCUT2D eigenvalue weighted by atomic mass is 19.1. The number of carbonyl (C=O) groups excluding carboxylic acids is 2. The number of nitrogens with one attached hydrogen (secondary N) is 1. The molecule has 0 radical (unpaired) electrons. The van der Waals surface area contributed by atoms with E-state index in [4.69, 9.17) is 24.5 Å². The maximum Gasteiger partial charge on any atom is 0.414 e. The molecule has 1 heterocycles. The summed E-state index contributed by atoms with van der Waals surface area (Å²) in [6.07, 6.45) is 3.33. The largest absolute Gasteiger partial charge is 0.484 e. The first-order valence-corrected chi connectivity index (χ1v) is 10.1. The van der Waals surface area contributed by atoms with Crippen LogP contribution in [-0.2, 0) is 20.9 Å². The van der Waals surface area contributed by atoms with E-state index >= 15 is 0 Å². The number of hydrogen-bond donors (Lipinski definition) is 3. The lowest BCUT2D eigenvalue weighted by Gasteiger charge is -2.18. The summed E-state index contributed by atoms with van der Waals surface area (Å²) in [6, 6.07) is 15.8. The van der Waals surface area contributed by atoms with Crippen molar-refractivity contribution in [2.75, 3.05) is 18.6 Å². The molecule has 0 saturated carbocycles. The Bertz CT molecular complexity index is 1140. The fourth-order valence-corrected chi connectivity index (χ4v) is 2.57. The molecule has 0 atom stereocenters. The van der Waals surface area contributed by atoms with Gasteiger partial charge in [-0.3, -0.25) is 14.6 Å². The second kappa shape index (κ2) is 13.0. The van der Waals surface area contributed by atoms with Gasteiger partial charge in [-0.15, -0.1) is 0 Å². The van der Waals surface area contributed by atoms with Crippen LogP contribution in [0.25, 0.3) is 0 Å². The Morgan fingerprint density at radius 2 is 1.49 bits per heavy atom. The maximum atomic E-state index is 13.0. The van der Waals surface area contributed by atoms with E-state index in [9.17, 15) is 14.0 Å². The third kappa shape index (κ3) is 8.92. The molecule has 0 bridgehead atoms. The molecule has 3 aromatic rings. The van der Waals surface area contributed by atoms with Crippen molar-refractivity contribution in [2.24, 2.45) is 0 Å². The molecule has 0 aliphatic carbocycles. The fraction of sp³-hybridized carbons (Fsp3) is 0.125. The Morgan fingerprint density at radius 1 is 0.914 bits per heavy atom. The molecule has 0 spiro atoms. The summed E-state index contributed by atoms with van der Waals surface area (Å²) >= 11 is 0. The summed E-state index contributed by atoms with van der Waals surface area (Å²) in [5, 5.41) is 17.5. The normalized spacial score (nSPS) is 9.77. The highest BCUT2D eigenvalue weighted by molar-refractivity contribution is 6.27. The number of amides is 2. The van der Waals surface area contributed by atoms with Gasteiger partial charge in [0.15, 0.2) is 6.61 Å². The Balaban J connectivity index is 0.000000641. The molecular formula is C24H22FN3O7. The van der Waals surface area contributed by atoms with Gasteiger partial charge in [-0.2, -0.15) is 0 Å². The third-order valence-electron chi connectivity index (χ3n) is 4.41. The Hall–Kier alpha value is -4.80. The number of ether oxygens (including phenoxy) is 1. The standard InChI is InChI=1S/C22H20FN3O3.C2H2O4/c1-26(22(28)17-2-4-18(23)5-3-17)19-6-8-20(9-7-19)29-15-21(27)25-14-16-10-12-24-13-11-16;3-1(4)2(5)6/h2-13H,14-15H2,1H3,(H,25,27);(H,3,4)(H,5,6). The predicted molar refractivity (Wildman–Crippen MR) is 122 cm³/mol. The van der Waals surface area contributed by atoms with Crippen molar-refractivity contribution in [1.29, 1.82) is 0 Å². The van der Waals surface area contributed by atoms with Crippen LogP contribution in [0.4, 0.5) is 10.1 Å². The van der Waals surface area contributed by atoms with Gasteiger partial charge < -0.3 is 25.2 Å². The first-order valence-electron chi connectivity index (χ1n) is 10.1. The number of carboxylic acid groups (broad SMARTS) is 2. The Kier molecular flexibility index (Phi) is 9.85. The van der Waals surface area contributed by atoms with E-state index in [-0.39, 0.29) is 18.4 Å². The smallest absolute Gasteiger partial charge is 0.414 e. The molecule has 11 heteroatoms. The number of halogens is 1. The summed E-state index contributed by atoms with van der Waals surface area (Å²) in [4.78, 5) is 47.9. The molecule has 0 aliphatic heterocycles. The van der Waals surface area contributed by atoms with Gasteiger partial charge in [-0.05, 0) is 66.2 Å². The monoisotopic (exact) mass is 483 g/mol. The molecule has 0 saturated heterocycles. The van der Waals surface area contributed by atoms with E-state index < -0.39 is 17.8 Å². The van der Waals surface area contributed by atoms with Crippen LogP contribution >= 0.6 is 0 Å². The summed E-state index contributed by atoms with van der Waals surface area (Å²) in [5.41, 5.74) is 1.99. The van der Waals surface area contributed by atoms with Gasteiger partial charge in [0.05, 0.1) is 0 Å². The van der Waals surface area contributed by atoms with E-state index in [0.717, 1.165) is 5.56 Å². The van der Waals surface area contributed by atoms with Crippen molar-refractivity contribution in [1.82, 2.24) is 10.3 Å². The maximum absolute atomic E-state index is 13.0. The van der Waals surface area contributed by atoms with E-state index in [0.29, 0.717) is 23.5 Å². The van der Waals surface area contributed by atoms with Crippen LogP contribution in [-0.4, -0.2) is 52.6 Å². The van der Waals surface area contributed by atoms with Gasteiger partial charge in [-0.1, -0.05) is 0 Å². The second-order valence-electron chi connectivity index (χ2n) is 6.90. The van der Waals surface area contributed by atoms with E-state index in [1.165, 1.54) is 29.2 Å². The van der Waals surface area contributed by atoms with Crippen molar-refractivity contribution in [2.45, 2.75) is 6.54 Å². The SMILES string of the molecule is CN(C(=O)c1ccc(F)cc1)c1ccc(OCC(=O)NCc2ccncc2)cc1.O=C(O)C(=O)O. The summed E-state index contributed by atoms with van der Waals surface area (Å²) in [6.45, 7) is 0.286. The van der Waals surface area contributed by atoms with Crippen LogP contribution in [0.2, 0.25) is 0 Å². The predicted octanol–water partition coefficient (Wildman–Crippen LogP) is 2.35. The van der Waals surface area contributed by atoms with Crippen LogP contribution in [0, 0.1) is 5.82 Å². The van der Waals surface area contributed by atoms with Crippen LogP contribution < -0.4 is 15.0 Å². The lowest BCUT2D eigenvalue weighted by molar-refractivity contribution is -0.159. The molecule has 10 nitrogen and oxygen atoms in total. The highest BCUT2D eigenvalue weighted by Crippen LogP contribution is 2.20. The molecule has 35 heavy (non-hydrogen) atoms. The number of rotatable bonds is 7. The summed E-state index contributed by atoms with van der Waals surface area (Å²) < 4.78 is 18.5. The van der Waals surface area contributed by atoms with Crippen LogP contribution in [0.5, 0.6) is 5.75 Å². The van der Waals surface area contributed by atoms with Crippen LogP contribution in [0.1, 0.15) is 15.9 Å². The minimum atomic E-state index is -1.82. The van der Waals surface area contributed by atoms with Crippen molar-refractivity contribution in [3.05, 3.63) is 90.0 Å². The lowest BCUT2D eigenvalue weighted by atomic mass is 10.2. The van der Waals surface area contributed by atoms with Gasteiger partial charge in [0, 0.05) is 37.2 Å². The van der Waals surface area contributed by atoms with Crippen molar-refractivity contribution in [3.8, 4) is 5.75 Å². The minimum absolute atomic E-state index is 0.116. The molecular weight excluding hydrogens is 461 g/mol.